The molecule has 9 heteroatoms. The van der Waals surface area contributed by atoms with Crippen molar-refractivity contribution >= 4 is 29.5 Å². The van der Waals surface area contributed by atoms with Crippen LogP contribution in [0.2, 0.25) is 0 Å². The van der Waals surface area contributed by atoms with Crippen LogP contribution in [0.5, 0.6) is 0 Å². The zero-order valence-corrected chi connectivity index (χ0v) is 17.5. The molecule has 0 spiro atoms. The fourth-order valence-corrected chi connectivity index (χ4v) is 2.85. The minimum Gasteiger partial charge on any atom is -0.465 e. The quantitative estimate of drug-likeness (QED) is 0.525. The molecule has 0 bridgehead atoms. The van der Waals surface area contributed by atoms with Crippen LogP contribution in [-0.2, 0) is 19.0 Å². The number of amides is 1. The maximum Gasteiger partial charge on any atom is 0.355 e. The zero-order chi connectivity index (χ0) is 22.4. The molecule has 2 rings (SSSR count). The van der Waals surface area contributed by atoms with Crippen molar-refractivity contribution < 1.29 is 33.4 Å². The second-order valence-electron chi connectivity index (χ2n) is 6.49. The van der Waals surface area contributed by atoms with Gasteiger partial charge in [0.05, 0.1) is 24.8 Å². The number of methoxy groups -OCH3 is 1. The van der Waals surface area contributed by atoms with E-state index in [4.69, 9.17) is 9.47 Å². The maximum absolute atomic E-state index is 12.5. The molecular formula is C21H24N2O7. The van der Waals surface area contributed by atoms with E-state index in [1.165, 1.54) is 13.2 Å². The van der Waals surface area contributed by atoms with Gasteiger partial charge in [0.1, 0.15) is 5.69 Å². The first kappa shape index (κ1) is 22.7. The number of esters is 3. The molecule has 1 amide bonds. The molecule has 1 aromatic heterocycles. The predicted molar refractivity (Wildman–Crippen MR) is 108 cm³/mol. The Morgan fingerprint density at radius 2 is 1.70 bits per heavy atom. The van der Waals surface area contributed by atoms with Gasteiger partial charge in [0.25, 0.3) is 5.91 Å². The lowest BCUT2D eigenvalue weighted by Crippen LogP contribution is -2.22. The largest absolute Gasteiger partial charge is 0.465 e. The van der Waals surface area contributed by atoms with Crippen LogP contribution in [0.25, 0.3) is 0 Å². The van der Waals surface area contributed by atoms with Gasteiger partial charge in [-0.1, -0.05) is 6.07 Å². The van der Waals surface area contributed by atoms with Gasteiger partial charge < -0.3 is 24.5 Å². The number of anilines is 1. The summed E-state index contributed by atoms with van der Waals surface area (Å²) in [6, 6.07) is 4.72. The van der Waals surface area contributed by atoms with Crippen molar-refractivity contribution in [1.29, 1.82) is 0 Å². The first-order chi connectivity index (χ1) is 14.2. The molecular weight excluding hydrogens is 392 g/mol. The third-order valence-corrected chi connectivity index (χ3v) is 4.39. The lowest BCUT2D eigenvalue weighted by molar-refractivity contribution is -0.119. The van der Waals surface area contributed by atoms with Crippen LogP contribution in [0, 0.1) is 20.8 Å². The molecule has 1 aromatic carbocycles. The van der Waals surface area contributed by atoms with E-state index in [1.54, 1.807) is 39.8 Å². The van der Waals surface area contributed by atoms with Gasteiger partial charge in [0, 0.05) is 11.4 Å². The van der Waals surface area contributed by atoms with Crippen molar-refractivity contribution in [2.24, 2.45) is 0 Å². The molecule has 0 saturated heterocycles. The molecule has 9 nitrogen and oxygen atoms in total. The molecule has 1 heterocycles. The SMILES string of the molecule is CCOC(=O)c1[nH]c(C)c(C(=O)OCC(=O)Nc2cc(C(=O)OC)ccc2C)c1C. The Labute approximate surface area is 173 Å². The Kier molecular flexibility index (Phi) is 7.35. The summed E-state index contributed by atoms with van der Waals surface area (Å²) in [4.78, 5) is 51.1. The van der Waals surface area contributed by atoms with Gasteiger partial charge in [-0.05, 0) is 51.0 Å². The lowest BCUT2D eigenvalue weighted by Gasteiger charge is -2.10. The first-order valence-corrected chi connectivity index (χ1v) is 9.21. The fraction of sp³-hybridized carbons (Fsp3) is 0.333. The van der Waals surface area contributed by atoms with E-state index in [1.807, 2.05) is 0 Å². The van der Waals surface area contributed by atoms with Gasteiger partial charge in [-0.2, -0.15) is 0 Å². The standard InChI is InChI=1S/C21H24N2O7/c1-6-29-21(27)18-12(3)17(13(4)22-18)20(26)30-10-16(24)23-15-9-14(19(25)28-5)8-7-11(15)2/h7-9,22H,6,10H2,1-5H3,(H,23,24). The van der Waals surface area contributed by atoms with Gasteiger partial charge >= 0.3 is 17.9 Å². The van der Waals surface area contributed by atoms with Crippen molar-refractivity contribution in [1.82, 2.24) is 4.98 Å². The second kappa shape index (κ2) is 9.73. The van der Waals surface area contributed by atoms with Crippen LogP contribution in [0.15, 0.2) is 18.2 Å². The Hall–Kier alpha value is -3.62. The highest BCUT2D eigenvalue weighted by Crippen LogP contribution is 2.20. The van der Waals surface area contributed by atoms with E-state index in [0.29, 0.717) is 16.9 Å². The van der Waals surface area contributed by atoms with Gasteiger partial charge in [-0.3, -0.25) is 4.79 Å². The molecule has 0 unspecified atom stereocenters. The summed E-state index contributed by atoms with van der Waals surface area (Å²) >= 11 is 0. The Bertz CT molecular complexity index is 991. The Morgan fingerprint density at radius 3 is 2.33 bits per heavy atom. The molecule has 0 radical (unpaired) electrons. The number of hydrogen-bond acceptors (Lipinski definition) is 7. The van der Waals surface area contributed by atoms with Gasteiger partial charge in [0.15, 0.2) is 6.61 Å². The Balaban J connectivity index is 2.06. The lowest BCUT2D eigenvalue weighted by atomic mass is 10.1. The number of hydrogen-bond donors (Lipinski definition) is 2. The monoisotopic (exact) mass is 416 g/mol. The summed E-state index contributed by atoms with van der Waals surface area (Å²) < 4.78 is 14.7. The second-order valence-corrected chi connectivity index (χ2v) is 6.49. The Morgan fingerprint density at radius 1 is 1.00 bits per heavy atom. The maximum atomic E-state index is 12.5. The van der Waals surface area contributed by atoms with Crippen LogP contribution in [-0.4, -0.2) is 49.1 Å². The van der Waals surface area contributed by atoms with Crippen molar-refractivity contribution in [3.05, 3.63) is 51.8 Å². The minimum atomic E-state index is -0.744. The number of aromatic nitrogens is 1. The highest BCUT2D eigenvalue weighted by molar-refractivity contribution is 6.00. The summed E-state index contributed by atoms with van der Waals surface area (Å²) in [5, 5.41) is 2.60. The summed E-state index contributed by atoms with van der Waals surface area (Å²) in [5.74, 6) is -2.43. The van der Waals surface area contributed by atoms with E-state index < -0.39 is 30.4 Å². The summed E-state index contributed by atoms with van der Waals surface area (Å²) in [6.07, 6.45) is 0. The molecule has 30 heavy (non-hydrogen) atoms. The smallest absolute Gasteiger partial charge is 0.355 e. The number of H-pyrrole nitrogens is 1. The highest BCUT2D eigenvalue weighted by Gasteiger charge is 2.24. The number of nitrogens with one attached hydrogen (secondary N) is 2. The van der Waals surface area contributed by atoms with Crippen molar-refractivity contribution in [3.63, 3.8) is 0 Å². The van der Waals surface area contributed by atoms with E-state index in [9.17, 15) is 19.2 Å². The van der Waals surface area contributed by atoms with E-state index in [-0.39, 0.29) is 23.4 Å². The molecule has 0 aliphatic rings. The number of carbonyl (C=O) groups is 4. The minimum absolute atomic E-state index is 0.168. The molecule has 0 atom stereocenters. The molecule has 2 aromatic rings. The van der Waals surface area contributed by atoms with E-state index in [2.05, 4.69) is 15.0 Å². The van der Waals surface area contributed by atoms with Crippen LogP contribution >= 0.6 is 0 Å². The zero-order valence-electron chi connectivity index (χ0n) is 17.5. The summed E-state index contributed by atoms with van der Waals surface area (Å²) in [7, 11) is 1.26. The molecule has 0 saturated carbocycles. The van der Waals surface area contributed by atoms with E-state index >= 15 is 0 Å². The third-order valence-electron chi connectivity index (χ3n) is 4.39. The van der Waals surface area contributed by atoms with Gasteiger partial charge in [-0.15, -0.1) is 0 Å². The average molecular weight is 416 g/mol. The molecule has 0 aliphatic carbocycles. The third kappa shape index (κ3) is 5.05. The van der Waals surface area contributed by atoms with Crippen molar-refractivity contribution in [2.75, 3.05) is 25.6 Å². The van der Waals surface area contributed by atoms with Crippen molar-refractivity contribution in [2.45, 2.75) is 27.7 Å². The van der Waals surface area contributed by atoms with Crippen LogP contribution < -0.4 is 5.32 Å². The first-order valence-electron chi connectivity index (χ1n) is 9.21. The number of benzene rings is 1. The van der Waals surface area contributed by atoms with Crippen LogP contribution in [0.4, 0.5) is 5.69 Å². The van der Waals surface area contributed by atoms with Crippen molar-refractivity contribution in [3.8, 4) is 0 Å². The molecule has 0 aliphatic heterocycles. The van der Waals surface area contributed by atoms with Gasteiger partial charge in [-0.25, -0.2) is 14.4 Å². The number of aryl methyl sites for hydroxylation is 2. The fourth-order valence-electron chi connectivity index (χ4n) is 2.85. The predicted octanol–water partition coefficient (Wildman–Crippen LogP) is 2.70. The number of aromatic amines is 1. The summed E-state index contributed by atoms with van der Waals surface area (Å²) in [6.45, 7) is 6.31. The highest BCUT2D eigenvalue weighted by atomic mass is 16.5. The summed E-state index contributed by atoms with van der Waals surface area (Å²) in [5.41, 5.74) is 2.56. The van der Waals surface area contributed by atoms with Crippen LogP contribution in [0.1, 0.15) is 54.9 Å². The number of ether oxygens (including phenoxy) is 3. The van der Waals surface area contributed by atoms with E-state index in [0.717, 1.165) is 5.56 Å². The van der Waals surface area contributed by atoms with Crippen LogP contribution in [0.3, 0.4) is 0 Å². The molecule has 0 fully saturated rings. The molecule has 160 valence electrons. The topological polar surface area (TPSA) is 124 Å². The number of carbonyl (C=O) groups excluding carboxylic acids is 4. The van der Waals surface area contributed by atoms with Gasteiger partial charge in [0.2, 0.25) is 0 Å². The normalized spacial score (nSPS) is 10.3. The molecule has 2 N–H and O–H groups in total. The number of rotatable bonds is 7. The average Bonchev–Trinajstić information content (AvgIpc) is 3.01.